The Balaban J connectivity index is 2.42. The molecule has 2 atom stereocenters. The van der Waals surface area contributed by atoms with Gasteiger partial charge in [0.25, 0.3) is 5.91 Å². The number of hydrogen-bond donors (Lipinski definition) is 1. The molecule has 0 spiro atoms. The summed E-state index contributed by atoms with van der Waals surface area (Å²) >= 11 is 0. The second kappa shape index (κ2) is 5.83. The quantitative estimate of drug-likeness (QED) is 0.920. The Bertz CT molecular complexity index is 499. The van der Waals surface area contributed by atoms with E-state index < -0.39 is 6.10 Å². The van der Waals surface area contributed by atoms with Crippen LogP contribution >= 0.6 is 0 Å². The molecular formula is C16H24N2O2. The Kier molecular flexibility index (Phi) is 4.33. The van der Waals surface area contributed by atoms with Crippen LogP contribution in [0.15, 0.2) is 18.2 Å². The van der Waals surface area contributed by atoms with E-state index in [0.29, 0.717) is 12.5 Å². The van der Waals surface area contributed by atoms with Crippen LogP contribution in [0.5, 0.6) is 5.75 Å². The summed E-state index contributed by atoms with van der Waals surface area (Å²) in [5, 5.41) is 0. The molecular weight excluding hydrogens is 252 g/mol. The van der Waals surface area contributed by atoms with Crippen molar-refractivity contribution in [3.8, 4) is 5.75 Å². The predicted molar refractivity (Wildman–Crippen MR) is 80.9 cm³/mol. The SMILES string of the molecule is CCCN1C(=O)C(C)Oc2ccc(C(N)C(C)C)cc21. The highest BCUT2D eigenvalue weighted by Crippen LogP contribution is 2.36. The third-order valence-corrected chi connectivity index (χ3v) is 3.74. The zero-order valence-electron chi connectivity index (χ0n) is 12.7. The lowest BCUT2D eigenvalue weighted by molar-refractivity contribution is -0.125. The van der Waals surface area contributed by atoms with Gasteiger partial charge < -0.3 is 15.4 Å². The fraction of sp³-hybridized carbons (Fsp3) is 0.562. The van der Waals surface area contributed by atoms with E-state index in [-0.39, 0.29) is 11.9 Å². The summed E-state index contributed by atoms with van der Waals surface area (Å²) in [5.41, 5.74) is 8.11. The van der Waals surface area contributed by atoms with Crippen molar-refractivity contribution in [1.82, 2.24) is 0 Å². The molecule has 0 radical (unpaired) electrons. The number of carbonyl (C=O) groups excluding carboxylic acids is 1. The molecule has 1 aromatic rings. The van der Waals surface area contributed by atoms with Crippen molar-refractivity contribution in [2.24, 2.45) is 11.7 Å². The van der Waals surface area contributed by atoms with Crippen LogP contribution < -0.4 is 15.4 Å². The van der Waals surface area contributed by atoms with Gasteiger partial charge in [0.05, 0.1) is 5.69 Å². The highest BCUT2D eigenvalue weighted by molar-refractivity contribution is 5.99. The second-order valence-corrected chi connectivity index (χ2v) is 5.75. The molecule has 1 aromatic carbocycles. The molecule has 1 amide bonds. The van der Waals surface area contributed by atoms with E-state index in [1.807, 2.05) is 23.1 Å². The molecule has 0 bridgehead atoms. The molecule has 1 aliphatic rings. The van der Waals surface area contributed by atoms with Crippen LogP contribution in [0, 0.1) is 5.92 Å². The maximum absolute atomic E-state index is 12.3. The summed E-state index contributed by atoms with van der Waals surface area (Å²) < 4.78 is 5.68. The molecule has 1 aliphatic heterocycles. The number of ether oxygens (including phenoxy) is 1. The number of rotatable bonds is 4. The van der Waals surface area contributed by atoms with Gasteiger partial charge in [-0.2, -0.15) is 0 Å². The van der Waals surface area contributed by atoms with E-state index in [4.69, 9.17) is 10.5 Å². The van der Waals surface area contributed by atoms with Gasteiger partial charge in [0.1, 0.15) is 5.75 Å². The van der Waals surface area contributed by atoms with Gasteiger partial charge in [-0.1, -0.05) is 26.8 Å². The molecule has 20 heavy (non-hydrogen) atoms. The normalized spacial score (nSPS) is 19.8. The van der Waals surface area contributed by atoms with Gasteiger partial charge in [0, 0.05) is 12.6 Å². The summed E-state index contributed by atoms with van der Waals surface area (Å²) in [4.78, 5) is 14.1. The molecule has 0 fully saturated rings. The fourth-order valence-electron chi connectivity index (χ4n) is 2.47. The molecule has 110 valence electrons. The number of carbonyl (C=O) groups is 1. The van der Waals surface area contributed by atoms with Gasteiger partial charge in [0.15, 0.2) is 6.10 Å². The average molecular weight is 276 g/mol. The minimum Gasteiger partial charge on any atom is -0.479 e. The Morgan fingerprint density at radius 2 is 2.10 bits per heavy atom. The summed E-state index contributed by atoms with van der Waals surface area (Å²) in [7, 11) is 0. The molecule has 2 unspecified atom stereocenters. The van der Waals surface area contributed by atoms with Gasteiger partial charge in [-0.3, -0.25) is 4.79 Å². The predicted octanol–water partition coefficient (Wildman–Crippen LogP) is 2.87. The monoisotopic (exact) mass is 276 g/mol. The third kappa shape index (κ3) is 2.66. The standard InChI is InChI=1S/C16H24N2O2/c1-5-8-18-13-9-12(15(17)10(2)3)6-7-14(13)20-11(4)16(18)19/h6-7,9-11,15H,5,8,17H2,1-4H3. The van der Waals surface area contributed by atoms with Crippen LogP contribution in [0.1, 0.15) is 45.7 Å². The van der Waals surface area contributed by atoms with Crippen LogP contribution in [-0.2, 0) is 4.79 Å². The molecule has 2 N–H and O–H groups in total. The first kappa shape index (κ1) is 14.9. The highest BCUT2D eigenvalue weighted by Gasteiger charge is 2.31. The molecule has 0 saturated carbocycles. The van der Waals surface area contributed by atoms with Gasteiger partial charge in [-0.25, -0.2) is 0 Å². The fourth-order valence-corrected chi connectivity index (χ4v) is 2.47. The number of hydrogen-bond acceptors (Lipinski definition) is 3. The van der Waals surface area contributed by atoms with Crippen molar-refractivity contribution >= 4 is 11.6 Å². The van der Waals surface area contributed by atoms with Crippen molar-refractivity contribution in [3.63, 3.8) is 0 Å². The molecule has 0 saturated heterocycles. The van der Waals surface area contributed by atoms with Gasteiger partial charge in [-0.05, 0) is 37.0 Å². The van der Waals surface area contributed by atoms with E-state index >= 15 is 0 Å². The van der Waals surface area contributed by atoms with Gasteiger partial charge in [-0.15, -0.1) is 0 Å². The van der Waals surface area contributed by atoms with Gasteiger partial charge >= 0.3 is 0 Å². The number of benzene rings is 1. The summed E-state index contributed by atoms with van der Waals surface area (Å²) in [6.45, 7) is 8.76. The van der Waals surface area contributed by atoms with E-state index in [9.17, 15) is 4.79 Å². The lowest BCUT2D eigenvalue weighted by Gasteiger charge is -2.33. The first-order chi connectivity index (χ1) is 9.45. The Morgan fingerprint density at radius 3 is 2.70 bits per heavy atom. The molecule has 1 heterocycles. The van der Waals surface area contributed by atoms with Crippen LogP contribution in [0.2, 0.25) is 0 Å². The van der Waals surface area contributed by atoms with Crippen LogP contribution in [0.4, 0.5) is 5.69 Å². The summed E-state index contributed by atoms with van der Waals surface area (Å²) in [6, 6.07) is 5.90. The minimum absolute atomic E-state index is 0.0228. The van der Waals surface area contributed by atoms with E-state index in [2.05, 4.69) is 20.8 Å². The summed E-state index contributed by atoms with van der Waals surface area (Å²) in [5.74, 6) is 1.15. The van der Waals surface area contributed by atoms with Crippen molar-refractivity contribution in [2.45, 2.75) is 46.3 Å². The highest BCUT2D eigenvalue weighted by atomic mass is 16.5. The number of fused-ring (bicyclic) bond motifs is 1. The Labute approximate surface area is 120 Å². The maximum Gasteiger partial charge on any atom is 0.267 e. The topological polar surface area (TPSA) is 55.6 Å². The Morgan fingerprint density at radius 1 is 1.40 bits per heavy atom. The number of nitrogens with zero attached hydrogens (tertiary/aromatic N) is 1. The second-order valence-electron chi connectivity index (χ2n) is 5.75. The lowest BCUT2D eigenvalue weighted by Crippen LogP contribution is -2.44. The maximum atomic E-state index is 12.3. The smallest absolute Gasteiger partial charge is 0.267 e. The zero-order chi connectivity index (χ0) is 14.9. The average Bonchev–Trinajstić information content (AvgIpc) is 2.42. The first-order valence-electron chi connectivity index (χ1n) is 7.33. The van der Waals surface area contributed by atoms with E-state index in [0.717, 1.165) is 23.4 Å². The minimum atomic E-state index is -0.418. The largest absolute Gasteiger partial charge is 0.479 e. The van der Waals surface area contributed by atoms with Crippen molar-refractivity contribution < 1.29 is 9.53 Å². The molecule has 4 heteroatoms. The van der Waals surface area contributed by atoms with Crippen molar-refractivity contribution in [1.29, 1.82) is 0 Å². The zero-order valence-corrected chi connectivity index (χ0v) is 12.7. The van der Waals surface area contributed by atoms with Gasteiger partial charge in [0.2, 0.25) is 0 Å². The Hall–Kier alpha value is -1.55. The number of anilines is 1. The summed E-state index contributed by atoms with van der Waals surface area (Å²) in [6.07, 6.45) is 0.497. The first-order valence-corrected chi connectivity index (χ1v) is 7.33. The molecule has 4 nitrogen and oxygen atoms in total. The number of nitrogens with two attached hydrogens (primary N) is 1. The van der Waals surface area contributed by atoms with Crippen LogP contribution in [0.25, 0.3) is 0 Å². The molecule has 2 rings (SSSR count). The van der Waals surface area contributed by atoms with Crippen molar-refractivity contribution in [2.75, 3.05) is 11.4 Å². The van der Waals surface area contributed by atoms with Crippen LogP contribution in [0.3, 0.4) is 0 Å². The molecule has 0 aromatic heterocycles. The van der Waals surface area contributed by atoms with Crippen molar-refractivity contribution in [3.05, 3.63) is 23.8 Å². The number of amides is 1. The lowest BCUT2D eigenvalue weighted by atomic mass is 9.96. The van der Waals surface area contributed by atoms with Crippen LogP contribution in [-0.4, -0.2) is 18.6 Å². The molecule has 0 aliphatic carbocycles. The van der Waals surface area contributed by atoms with E-state index in [1.165, 1.54) is 0 Å². The van der Waals surface area contributed by atoms with E-state index in [1.54, 1.807) is 6.92 Å². The third-order valence-electron chi connectivity index (χ3n) is 3.74.